The number of halogens is 1. The molecule has 2 aromatic carbocycles. The molecule has 1 heterocycles. The first-order valence-corrected chi connectivity index (χ1v) is 9.76. The fourth-order valence-electron chi connectivity index (χ4n) is 3.39. The van der Waals surface area contributed by atoms with Crippen LogP contribution in [0.15, 0.2) is 42.5 Å². The minimum absolute atomic E-state index is 0.138. The zero-order valence-electron chi connectivity index (χ0n) is 16.8. The Morgan fingerprint density at radius 2 is 1.90 bits per heavy atom. The first-order chi connectivity index (χ1) is 14.3. The lowest BCUT2D eigenvalue weighted by Crippen LogP contribution is -2.58. The van der Waals surface area contributed by atoms with Gasteiger partial charge in [0.2, 0.25) is 12.2 Å². The maximum atomic E-state index is 13.8. The number of rotatable bonds is 6. The number of benzene rings is 2. The largest absolute Gasteiger partial charge is 0.462 e. The summed E-state index contributed by atoms with van der Waals surface area (Å²) >= 11 is 0. The first kappa shape index (κ1) is 22.2. The summed E-state index contributed by atoms with van der Waals surface area (Å²) in [5, 5.41) is 32.7. The van der Waals surface area contributed by atoms with E-state index in [0.29, 0.717) is 29.8 Å². The van der Waals surface area contributed by atoms with E-state index in [0.717, 1.165) is 5.56 Å². The van der Waals surface area contributed by atoms with E-state index in [9.17, 15) is 24.5 Å². The van der Waals surface area contributed by atoms with Crippen LogP contribution in [0.1, 0.15) is 19.4 Å². The topological polar surface area (TPSA) is 108 Å². The maximum absolute atomic E-state index is 13.8. The van der Waals surface area contributed by atoms with Gasteiger partial charge in [0.25, 0.3) is 0 Å². The highest BCUT2D eigenvalue weighted by molar-refractivity contribution is 5.73. The molecule has 1 amide bonds. The number of aliphatic hydroxyl groups excluding tert-OH is 3. The van der Waals surface area contributed by atoms with Crippen LogP contribution in [0.25, 0.3) is 11.1 Å². The van der Waals surface area contributed by atoms with Gasteiger partial charge in [-0.25, -0.2) is 4.39 Å². The van der Waals surface area contributed by atoms with Crippen molar-refractivity contribution in [3.05, 3.63) is 53.8 Å². The summed E-state index contributed by atoms with van der Waals surface area (Å²) in [6, 6.07) is 11.3. The number of hydrogen-bond acceptors (Lipinski definition) is 6. The molecule has 0 bridgehead atoms. The monoisotopic (exact) mass is 419 g/mol. The highest BCUT2D eigenvalue weighted by atomic mass is 19.1. The van der Waals surface area contributed by atoms with Crippen LogP contribution in [-0.2, 0) is 16.0 Å². The van der Waals surface area contributed by atoms with Crippen molar-refractivity contribution in [2.45, 2.75) is 51.0 Å². The summed E-state index contributed by atoms with van der Waals surface area (Å²) in [5.41, 5.74) is 2.21. The molecule has 0 aromatic heterocycles. The summed E-state index contributed by atoms with van der Waals surface area (Å²) in [5.74, 6) is -0.179. The van der Waals surface area contributed by atoms with E-state index < -0.39 is 30.7 Å². The Morgan fingerprint density at radius 1 is 1.13 bits per heavy atom. The van der Waals surface area contributed by atoms with Crippen molar-refractivity contribution >= 4 is 5.91 Å². The van der Waals surface area contributed by atoms with Gasteiger partial charge in [0.15, 0.2) is 0 Å². The van der Waals surface area contributed by atoms with E-state index in [-0.39, 0.29) is 11.7 Å². The molecule has 1 aliphatic rings. The Morgan fingerprint density at radius 3 is 2.60 bits per heavy atom. The van der Waals surface area contributed by atoms with Crippen LogP contribution in [-0.4, -0.2) is 58.5 Å². The zero-order valence-corrected chi connectivity index (χ0v) is 16.8. The van der Waals surface area contributed by atoms with E-state index in [1.54, 1.807) is 37.3 Å². The van der Waals surface area contributed by atoms with Crippen LogP contribution in [0.5, 0.6) is 5.75 Å². The molecule has 30 heavy (non-hydrogen) atoms. The second kappa shape index (κ2) is 9.53. The Labute approximate surface area is 174 Å². The van der Waals surface area contributed by atoms with Crippen molar-refractivity contribution < 1.29 is 34.0 Å². The fourth-order valence-corrected chi connectivity index (χ4v) is 3.39. The van der Waals surface area contributed by atoms with Gasteiger partial charge in [-0.1, -0.05) is 18.2 Å². The second-order valence-corrected chi connectivity index (χ2v) is 7.36. The summed E-state index contributed by atoms with van der Waals surface area (Å²) in [6.07, 6.45) is -5.45. The molecule has 1 aliphatic heterocycles. The third-order valence-electron chi connectivity index (χ3n) is 5.05. The summed E-state index contributed by atoms with van der Waals surface area (Å²) in [4.78, 5) is 11.2. The van der Waals surface area contributed by atoms with Gasteiger partial charge in [-0.3, -0.25) is 4.79 Å². The van der Waals surface area contributed by atoms with E-state index >= 15 is 0 Å². The molecule has 0 saturated carbocycles. The fraction of sp³-hybridized carbons (Fsp3) is 0.409. The molecule has 2 aromatic rings. The molecule has 5 atom stereocenters. The smallest absolute Gasteiger partial charge is 0.229 e. The molecule has 8 heteroatoms. The average molecular weight is 419 g/mol. The van der Waals surface area contributed by atoms with Crippen LogP contribution in [0.4, 0.5) is 4.39 Å². The summed E-state index contributed by atoms with van der Waals surface area (Å²) in [6.45, 7) is 3.43. The quantitative estimate of drug-likeness (QED) is 0.564. The van der Waals surface area contributed by atoms with Crippen LogP contribution in [0.2, 0.25) is 0 Å². The third-order valence-corrected chi connectivity index (χ3v) is 5.05. The standard InChI is InChI=1S/C22H26FNO6/c1-12-19(26)20(27)21(28)22(29-12)30-17-7-6-14(8-9-24-13(2)25)18(11-17)15-4-3-5-16(23)10-15/h3-7,10-12,19-22,26-28H,8-9H2,1-2H3,(H,24,25)/t12-,19+,20+,21-,22-/m0/s1. The Bertz CT molecular complexity index is 892. The lowest BCUT2D eigenvalue weighted by molar-refractivity contribution is -0.268. The molecule has 0 spiro atoms. The number of carbonyl (C=O) groups is 1. The molecular weight excluding hydrogens is 393 g/mol. The number of nitrogens with one attached hydrogen (secondary N) is 1. The molecule has 0 aliphatic carbocycles. The van der Waals surface area contributed by atoms with Gasteiger partial charge in [-0.15, -0.1) is 0 Å². The van der Waals surface area contributed by atoms with Crippen LogP contribution < -0.4 is 10.1 Å². The Balaban J connectivity index is 1.87. The van der Waals surface area contributed by atoms with Crippen molar-refractivity contribution in [3.8, 4) is 16.9 Å². The molecule has 3 rings (SSSR count). The van der Waals surface area contributed by atoms with Gasteiger partial charge in [-0.2, -0.15) is 0 Å². The minimum atomic E-state index is -1.44. The van der Waals surface area contributed by atoms with Crippen molar-refractivity contribution in [2.75, 3.05) is 6.54 Å². The van der Waals surface area contributed by atoms with Gasteiger partial charge in [0, 0.05) is 13.5 Å². The number of hydrogen-bond donors (Lipinski definition) is 4. The summed E-state index contributed by atoms with van der Waals surface area (Å²) < 4.78 is 25.0. The van der Waals surface area contributed by atoms with Crippen molar-refractivity contribution in [1.29, 1.82) is 0 Å². The minimum Gasteiger partial charge on any atom is -0.462 e. The molecule has 7 nitrogen and oxygen atoms in total. The number of amides is 1. The maximum Gasteiger partial charge on any atom is 0.229 e. The Kier molecular flexibility index (Phi) is 7.04. The average Bonchev–Trinajstić information content (AvgIpc) is 2.71. The van der Waals surface area contributed by atoms with Crippen molar-refractivity contribution in [2.24, 2.45) is 0 Å². The van der Waals surface area contributed by atoms with Gasteiger partial charge < -0.3 is 30.1 Å². The second-order valence-electron chi connectivity index (χ2n) is 7.36. The molecule has 4 N–H and O–H groups in total. The number of carbonyl (C=O) groups excluding carboxylic acids is 1. The highest BCUT2D eigenvalue weighted by Gasteiger charge is 2.43. The van der Waals surface area contributed by atoms with Crippen LogP contribution in [0.3, 0.4) is 0 Å². The predicted molar refractivity (Wildman–Crippen MR) is 107 cm³/mol. The summed E-state index contributed by atoms with van der Waals surface area (Å²) in [7, 11) is 0. The van der Waals surface area contributed by atoms with E-state index in [1.165, 1.54) is 19.1 Å². The lowest BCUT2D eigenvalue weighted by atomic mass is 9.97. The number of ether oxygens (including phenoxy) is 2. The van der Waals surface area contributed by atoms with Crippen LogP contribution >= 0.6 is 0 Å². The van der Waals surface area contributed by atoms with E-state index in [1.807, 2.05) is 0 Å². The SMILES string of the molecule is CC(=O)NCCc1ccc(O[C@@H]2O[C@@H](C)[C@@H](O)[C@@H](O)[C@@H]2O)cc1-c1cccc(F)c1. The van der Waals surface area contributed by atoms with Gasteiger partial charge >= 0.3 is 0 Å². The molecule has 162 valence electrons. The predicted octanol–water partition coefficient (Wildman–Crippen LogP) is 1.38. The Hall–Kier alpha value is -2.52. The molecular formula is C22H26FNO6. The van der Waals surface area contributed by atoms with Gasteiger partial charge in [-0.05, 0) is 54.3 Å². The van der Waals surface area contributed by atoms with E-state index in [4.69, 9.17) is 9.47 Å². The van der Waals surface area contributed by atoms with Gasteiger partial charge in [0.1, 0.15) is 29.9 Å². The molecule has 1 fully saturated rings. The zero-order chi connectivity index (χ0) is 21.8. The van der Waals surface area contributed by atoms with Gasteiger partial charge in [0.05, 0.1) is 6.10 Å². The highest BCUT2D eigenvalue weighted by Crippen LogP contribution is 2.31. The molecule has 0 radical (unpaired) electrons. The van der Waals surface area contributed by atoms with Crippen molar-refractivity contribution in [1.82, 2.24) is 5.32 Å². The third kappa shape index (κ3) is 5.14. The first-order valence-electron chi connectivity index (χ1n) is 9.76. The van der Waals surface area contributed by atoms with E-state index in [2.05, 4.69) is 5.32 Å². The lowest BCUT2D eigenvalue weighted by Gasteiger charge is -2.38. The molecule has 0 unspecified atom stereocenters. The van der Waals surface area contributed by atoms with Crippen molar-refractivity contribution in [3.63, 3.8) is 0 Å². The number of aliphatic hydroxyl groups is 3. The normalized spacial score (nSPS) is 26.3. The van der Waals surface area contributed by atoms with Crippen LogP contribution in [0, 0.1) is 5.82 Å². The molecule has 1 saturated heterocycles.